The highest BCUT2D eigenvalue weighted by atomic mass is 32.2. The first-order valence-corrected chi connectivity index (χ1v) is 11.1. The molecule has 0 unspecified atom stereocenters. The quantitative estimate of drug-likeness (QED) is 0.807. The normalized spacial score (nSPS) is 15.5. The molecule has 0 aliphatic carbocycles. The van der Waals surface area contributed by atoms with Gasteiger partial charge in [-0.2, -0.15) is 4.31 Å². The maximum absolute atomic E-state index is 13.0. The molecule has 1 N–H and O–H groups in total. The predicted molar refractivity (Wildman–Crippen MR) is 111 cm³/mol. The smallest absolute Gasteiger partial charge is 0.251 e. The van der Waals surface area contributed by atoms with Crippen molar-refractivity contribution < 1.29 is 13.2 Å². The van der Waals surface area contributed by atoms with Crippen LogP contribution in [0.2, 0.25) is 0 Å². The monoisotopic (exact) mass is 400 g/mol. The van der Waals surface area contributed by atoms with Crippen LogP contribution in [0.3, 0.4) is 0 Å². The maximum Gasteiger partial charge on any atom is 0.251 e. The number of carbonyl (C=O) groups is 1. The molecule has 0 aromatic heterocycles. The van der Waals surface area contributed by atoms with E-state index >= 15 is 0 Å². The fourth-order valence-corrected chi connectivity index (χ4v) is 5.38. The van der Waals surface area contributed by atoms with E-state index in [-0.39, 0.29) is 10.8 Å². The molecule has 1 heterocycles. The van der Waals surface area contributed by atoms with E-state index in [4.69, 9.17) is 0 Å². The average molecular weight is 401 g/mol. The van der Waals surface area contributed by atoms with E-state index in [2.05, 4.69) is 5.32 Å². The van der Waals surface area contributed by atoms with E-state index in [1.165, 1.54) is 10.4 Å². The van der Waals surface area contributed by atoms with Crippen LogP contribution in [-0.4, -0.2) is 37.3 Å². The third-order valence-electron chi connectivity index (χ3n) is 5.07. The summed E-state index contributed by atoms with van der Waals surface area (Å²) >= 11 is 0. The van der Waals surface area contributed by atoms with Crippen LogP contribution < -0.4 is 5.32 Å². The molecule has 0 atom stereocenters. The second-order valence-electron chi connectivity index (χ2n) is 8.09. The summed E-state index contributed by atoms with van der Waals surface area (Å²) in [5, 5.41) is 3.04. The lowest BCUT2D eigenvalue weighted by Crippen LogP contribution is -2.45. The number of benzene rings is 2. The van der Waals surface area contributed by atoms with Crippen molar-refractivity contribution >= 4 is 15.9 Å². The van der Waals surface area contributed by atoms with Crippen LogP contribution in [0.1, 0.15) is 48.2 Å². The predicted octanol–water partition coefficient (Wildman–Crippen LogP) is 3.53. The van der Waals surface area contributed by atoms with Crippen molar-refractivity contribution in [1.82, 2.24) is 9.62 Å². The van der Waals surface area contributed by atoms with Crippen LogP contribution in [0.5, 0.6) is 0 Å². The zero-order valence-corrected chi connectivity index (χ0v) is 17.6. The SMILES string of the molecule is Cc1ccc(C(=O)NC(C)(C)Cc2ccccc2)cc1S(=O)(=O)N1CCCC1. The minimum absolute atomic E-state index is 0.225. The van der Waals surface area contributed by atoms with Crippen molar-refractivity contribution in [3.05, 3.63) is 65.2 Å². The van der Waals surface area contributed by atoms with Gasteiger partial charge in [-0.05, 0) is 63.3 Å². The van der Waals surface area contributed by atoms with Crippen molar-refractivity contribution in [2.24, 2.45) is 0 Å². The van der Waals surface area contributed by atoms with Gasteiger partial charge in [-0.3, -0.25) is 4.79 Å². The lowest BCUT2D eigenvalue weighted by Gasteiger charge is -2.27. The lowest BCUT2D eigenvalue weighted by molar-refractivity contribution is 0.0913. The highest BCUT2D eigenvalue weighted by molar-refractivity contribution is 7.89. The summed E-state index contributed by atoms with van der Waals surface area (Å²) in [6.45, 7) is 6.79. The first-order chi connectivity index (χ1) is 13.2. The summed E-state index contributed by atoms with van der Waals surface area (Å²) in [6.07, 6.45) is 2.45. The first-order valence-electron chi connectivity index (χ1n) is 9.66. The summed E-state index contributed by atoms with van der Waals surface area (Å²) in [6, 6.07) is 14.9. The van der Waals surface area contributed by atoms with E-state index in [0.717, 1.165) is 18.4 Å². The Morgan fingerprint density at radius 3 is 2.36 bits per heavy atom. The minimum atomic E-state index is -3.56. The number of hydrogen-bond donors (Lipinski definition) is 1. The Bertz CT molecular complexity index is 947. The molecule has 1 saturated heterocycles. The van der Waals surface area contributed by atoms with Gasteiger partial charge < -0.3 is 5.32 Å². The molecule has 6 heteroatoms. The number of nitrogens with one attached hydrogen (secondary N) is 1. The Morgan fingerprint density at radius 1 is 1.07 bits per heavy atom. The van der Waals surface area contributed by atoms with Gasteiger partial charge in [0.1, 0.15) is 0 Å². The Morgan fingerprint density at radius 2 is 1.71 bits per heavy atom. The number of hydrogen-bond acceptors (Lipinski definition) is 3. The van der Waals surface area contributed by atoms with Gasteiger partial charge in [0.15, 0.2) is 0 Å². The van der Waals surface area contributed by atoms with Gasteiger partial charge in [0.05, 0.1) is 4.90 Å². The minimum Gasteiger partial charge on any atom is -0.347 e. The second kappa shape index (κ2) is 8.05. The Kier molecular flexibility index (Phi) is 5.91. The van der Waals surface area contributed by atoms with Crippen LogP contribution in [0.25, 0.3) is 0 Å². The number of rotatable bonds is 6. The first kappa shape index (κ1) is 20.6. The molecule has 0 radical (unpaired) electrons. The molecule has 150 valence electrons. The maximum atomic E-state index is 13.0. The van der Waals surface area contributed by atoms with Crippen molar-refractivity contribution in [3.8, 4) is 0 Å². The molecule has 1 aliphatic heterocycles. The molecule has 1 fully saturated rings. The van der Waals surface area contributed by atoms with Gasteiger partial charge in [0.2, 0.25) is 10.0 Å². The molecule has 2 aromatic rings. The number of nitrogens with zero attached hydrogens (tertiary/aromatic N) is 1. The largest absolute Gasteiger partial charge is 0.347 e. The van der Waals surface area contributed by atoms with Gasteiger partial charge in [-0.1, -0.05) is 36.4 Å². The molecule has 0 bridgehead atoms. The van der Waals surface area contributed by atoms with Gasteiger partial charge in [0, 0.05) is 24.2 Å². The Hall–Kier alpha value is -2.18. The highest BCUT2D eigenvalue weighted by Crippen LogP contribution is 2.25. The number of amides is 1. The fraction of sp³-hybridized carbons (Fsp3) is 0.409. The standard InChI is InChI=1S/C22H28N2O3S/c1-17-11-12-19(15-20(17)28(26,27)24-13-7-8-14-24)21(25)23-22(2,3)16-18-9-5-4-6-10-18/h4-6,9-12,15H,7-8,13-14,16H2,1-3H3,(H,23,25). The molecule has 0 saturated carbocycles. The van der Waals surface area contributed by atoms with Crippen LogP contribution in [0.4, 0.5) is 0 Å². The summed E-state index contributed by atoms with van der Waals surface area (Å²) in [4.78, 5) is 13.1. The summed E-state index contributed by atoms with van der Waals surface area (Å²) in [5.41, 5.74) is 1.70. The van der Waals surface area contributed by atoms with Gasteiger partial charge >= 0.3 is 0 Å². The van der Waals surface area contributed by atoms with Crippen molar-refractivity contribution in [1.29, 1.82) is 0 Å². The fourth-order valence-electron chi connectivity index (χ4n) is 3.62. The topological polar surface area (TPSA) is 66.5 Å². The number of sulfonamides is 1. The third kappa shape index (κ3) is 4.62. The average Bonchev–Trinajstić information content (AvgIpc) is 3.17. The van der Waals surface area contributed by atoms with Gasteiger partial charge in [0.25, 0.3) is 5.91 Å². The Balaban J connectivity index is 1.80. The van der Waals surface area contributed by atoms with Crippen molar-refractivity contribution in [3.63, 3.8) is 0 Å². The zero-order valence-electron chi connectivity index (χ0n) is 16.7. The number of carbonyl (C=O) groups excluding carboxylic acids is 1. The molecule has 3 rings (SSSR count). The molecular formula is C22H28N2O3S. The third-order valence-corrected chi connectivity index (χ3v) is 7.11. The van der Waals surface area contributed by atoms with E-state index < -0.39 is 15.6 Å². The molecular weight excluding hydrogens is 372 g/mol. The van der Waals surface area contributed by atoms with Crippen LogP contribution in [0, 0.1) is 6.92 Å². The Labute approximate surface area is 167 Å². The van der Waals surface area contributed by atoms with Gasteiger partial charge in [-0.25, -0.2) is 8.42 Å². The molecule has 5 nitrogen and oxygen atoms in total. The molecule has 2 aromatic carbocycles. The van der Waals surface area contributed by atoms with Crippen molar-refractivity contribution in [2.45, 2.75) is 50.5 Å². The lowest BCUT2D eigenvalue weighted by atomic mass is 9.94. The molecule has 0 spiro atoms. The van der Waals surface area contributed by atoms with Gasteiger partial charge in [-0.15, -0.1) is 0 Å². The summed E-state index contributed by atoms with van der Waals surface area (Å²) in [5.74, 6) is -0.265. The second-order valence-corrected chi connectivity index (χ2v) is 10.00. The highest BCUT2D eigenvalue weighted by Gasteiger charge is 2.29. The van der Waals surface area contributed by atoms with Crippen LogP contribution >= 0.6 is 0 Å². The zero-order chi connectivity index (χ0) is 20.4. The molecule has 1 aliphatic rings. The van der Waals surface area contributed by atoms with Crippen molar-refractivity contribution in [2.75, 3.05) is 13.1 Å². The molecule has 28 heavy (non-hydrogen) atoms. The summed E-state index contributed by atoms with van der Waals surface area (Å²) in [7, 11) is -3.56. The number of aryl methyl sites for hydroxylation is 1. The van der Waals surface area contributed by atoms with Crippen LogP contribution in [0.15, 0.2) is 53.4 Å². The van der Waals surface area contributed by atoms with E-state index in [1.807, 2.05) is 44.2 Å². The van der Waals surface area contributed by atoms with Crippen LogP contribution in [-0.2, 0) is 16.4 Å². The summed E-state index contributed by atoms with van der Waals surface area (Å²) < 4.78 is 27.4. The van der Waals surface area contributed by atoms with E-state index in [0.29, 0.717) is 30.6 Å². The molecule has 1 amide bonds. The van der Waals surface area contributed by atoms with E-state index in [9.17, 15) is 13.2 Å². The van der Waals surface area contributed by atoms with E-state index in [1.54, 1.807) is 19.1 Å².